The summed E-state index contributed by atoms with van der Waals surface area (Å²) in [5.41, 5.74) is 1.34. The van der Waals surface area contributed by atoms with Crippen molar-refractivity contribution in [3.63, 3.8) is 0 Å². The lowest BCUT2D eigenvalue weighted by molar-refractivity contribution is -0.121. The second-order valence-corrected chi connectivity index (χ2v) is 12.3. The molecule has 36 heavy (non-hydrogen) atoms. The zero-order valence-corrected chi connectivity index (χ0v) is 22.3. The largest absolute Gasteiger partial charge is 0.350 e. The first-order valence-electron chi connectivity index (χ1n) is 10.1. The number of halogens is 6. The summed E-state index contributed by atoms with van der Waals surface area (Å²) in [5.74, 6) is -1.61. The summed E-state index contributed by atoms with van der Waals surface area (Å²) in [5, 5.41) is 5.53. The number of benzene rings is 2. The van der Waals surface area contributed by atoms with Gasteiger partial charge >= 0.3 is 0 Å². The number of pyridine rings is 2. The molecule has 0 unspecified atom stereocenters. The Labute approximate surface area is 232 Å². The minimum Gasteiger partial charge on any atom is -0.350 e. The molecular formula is C22H14Cl6N4O4. The van der Waals surface area contributed by atoms with Gasteiger partial charge < -0.3 is 20.6 Å². The van der Waals surface area contributed by atoms with Gasteiger partial charge in [-0.1, -0.05) is 81.7 Å². The zero-order chi connectivity index (χ0) is 26.4. The number of hydrogen-bond donors (Lipinski definition) is 4. The molecule has 0 fully saturated rings. The number of aromatic amines is 2. The van der Waals surface area contributed by atoms with Crippen LogP contribution in [0.4, 0.5) is 0 Å². The number of hydrogen-bond acceptors (Lipinski definition) is 4. The van der Waals surface area contributed by atoms with E-state index in [2.05, 4.69) is 20.6 Å². The zero-order valence-electron chi connectivity index (χ0n) is 17.8. The fourth-order valence-electron chi connectivity index (χ4n) is 3.57. The maximum absolute atomic E-state index is 13.2. The van der Waals surface area contributed by atoms with Crippen molar-refractivity contribution in [1.29, 1.82) is 0 Å². The Balaban J connectivity index is 1.73. The van der Waals surface area contributed by atoms with Crippen LogP contribution < -0.4 is 21.5 Å². The number of nitrogens with one attached hydrogen (secondary N) is 4. The second-order valence-electron chi connectivity index (χ2n) is 7.78. The van der Waals surface area contributed by atoms with Gasteiger partial charge in [0.25, 0.3) is 19.4 Å². The Hall–Kier alpha value is -2.20. The monoisotopic (exact) mass is 608 g/mol. The lowest BCUT2D eigenvalue weighted by atomic mass is 10.1. The van der Waals surface area contributed by atoms with E-state index in [4.69, 9.17) is 69.6 Å². The fraction of sp³-hybridized carbons (Fsp3) is 0.182. The Morgan fingerprint density at radius 2 is 1.03 bits per heavy atom. The summed E-state index contributed by atoms with van der Waals surface area (Å²) in [6, 6.07) is 9.68. The number of rotatable bonds is 4. The Morgan fingerprint density at radius 1 is 0.667 bits per heavy atom. The Bertz CT molecular complexity index is 1530. The van der Waals surface area contributed by atoms with E-state index in [1.807, 2.05) is 0 Å². The molecule has 0 spiro atoms. The highest BCUT2D eigenvalue weighted by Crippen LogP contribution is 2.27. The van der Waals surface area contributed by atoms with E-state index >= 15 is 0 Å². The molecule has 2 aromatic carbocycles. The van der Waals surface area contributed by atoms with Crippen LogP contribution in [0.2, 0.25) is 0 Å². The normalized spacial score (nSPS) is 12.3. The molecule has 2 aromatic heterocycles. The highest BCUT2D eigenvalue weighted by Gasteiger charge is 2.31. The van der Waals surface area contributed by atoms with Gasteiger partial charge in [-0.2, -0.15) is 0 Å². The van der Waals surface area contributed by atoms with Crippen molar-refractivity contribution in [2.45, 2.75) is 20.7 Å². The van der Waals surface area contributed by atoms with Gasteiger partial charge in [-0.15, -0.1) is 0 Å². The minimum atomic E-state index is -2.11. The van der Waals surface area contributed by atoms with E-state index in [-0.39, 0.29) is 24.1 Å². The van der Waals surface area contributed by atoms with Crippen molar-refractivity contribution < 1.29 is 9.59 Å². The van der Waals surface area contributed by atoms with Crippen LogP contribution in [-0.2, 0) is 22.7 Å². The number of carbonyl (C=O) groups is 2. The van der Waals surface area contributed by atoms with Crippen molar-refractivity contribution in [2.24, 2.45) is 0 Å². The van der Waals surface area contributed by atoms with Crippen LogP contribution in [-0.4, -0.2) is 29.4 Å². The highest BCUT2D eigenvalue weighted by molar-refractivity contribution is 6.76. The highest BCUT2D eigenvalue weighted by atomic mass is 35.6. The summed E-state index contributed by atoms with van der Waals surface area (Å²) in [6.07, 6.45) is 0. The van der Waals surface area contributed by atoms with Crippen LogP contribution in [0, 0.1) is 0 Å². The summed E-state index contributed by atoms with van der Waals surface area (Å²) < 4.78 is -4.22. The van der Waals surface area contributed by atoms with Crippen molar-refractivity contribution in [2.75, 3.05) is 0 Å². The quantitative estimate of drug-likeness (QED) is 0.201. The standard InChI is InChI=1S/C22H14Cl6N4O4/c23-21(24,25)19(35)29-7-9-1-3-13-11(5-9)17(33)16-15(31-13)18(34)12-6-10(2-4-14(12)32-16)8-30-20(36)22(26,27)28/h1-6H,7-8H2,(H,29,35)(H,30,36)(H,31,33)(H,32,34). The second kappa shape index (κ2) is 9.93. The molecule has 0 aliphatic carbocycles. The van der Waals surface area contributed by atoms with E-state index in [0.29, 0.717) is 32.9 Å². The first-order valence-corrected chi connectivity index (χ1v) is 12.4. The summed E-state index contributed by atoms with van der Waals surface area (Å²) in [7, 11) is 0. The summed E-state index contributed by atoms with van der Waals surface area (Å²) >= 11 is 33.3. The molecule has 14 heteroatoms. The SMILES string of the molecule is O=C(NCc1ccc2[nH]c3c(=O)c4cc(CNC(=O)C(Cl)(Cl)Cl)ccc4[nH]c3c(=O)c2c1)C(Cl)(Cl)Cl. The van der Waals surface area contributed by atoms with Crippen LogP contribution in [0.25, 0.3) is 32.8 Å². The van der Waals surface area contributed by atoms with Gasteiger partial charge in [0, 0.05) is 34.9 Å². The lowest BCUT2D eigenvalue weighted by Crippen LogP contribution is -2.34. The van der Waals surface area contributed by atoms with Gasteiger partial charge in [-0.3, -0.25) is 19.2 Å². The number of H-pyrrole nitrogens is 2. The minimum absolute atomic E-state index is 0.0198. The van der Waals surface area contributed by atoms with E-state index in [0.717, 1.165) is 0 Å². The maximum Gasteiger partial charge on any atom is 0.272 e. The van der Waals surface area contributed by atoms with Crippen molar-refractivity contribution >= 4 is 114 Å². The molecule has 0 aliphatic rings. The molecule has 2 heterocycles. The average molecular weight is 611 g/mol. The van der Waals surface area contributed by atoms with Gasteiger partial charge in [0.05, 0.1) is 0 Å². The van der Waals surface area contributed by atoms with E-state index in [1.165, 1.54) is 0 Å². The molecule has 8 nitrogen and oxygen atoms in total. The number of amides is 2. The van der Waals surface area contributed by atoms with Crippen LogP contribution in [0.15, 0.2) is 46.0 Å². The third-order valence-electron chi connectivity index (χ3n) is 5.30. The molecule has 4 rings (SSSR count). The molecule has 0 aliphatic heterocycles. The predicted molar refractivity (Wildman–Crippen MR) is 144 cm³/mol. The molecule has 0 radical (unpaired) electrons. The average Bonchev–Trinajstić information content (AvgIpc) is 2.81. The van der Waals surface area contributed by atoms with Gasteiger partial charge in [-0.05, 0) is 35.4 Å². The van der Waals surface area contributed by atoms with Crippen molar-refractivity contribution in [3.05, 3.63) is 68.0 Å². The van der Waals surface area contributed by atoms with E-state index in [1.54, 1.807) is 36.4 Å². The number of carbonyl (C=O) groups excluding carboxylic acids is 2. The summed E-state index contributed by atoms with van der Waals surface area (Å²) in [6.45, 7) is 0.0397. The van der Waals surface area contributed by atoms with Crippen LogP contribution in [0.1, 0.15) is 11.1 Å². The number of aromatic nitrogens is 2. The van der Waals surface area contributed by atoms with Gasteiger partial charge in [-0.25, -0.2) is 0 Å². The first kappa shape index (κ1) is 26.9. The predicted octanol–water partition coefficient (Wildman–Crippen LogP) is 4.50. The third-order valence-corrected chi connectivity index (χ3v) is 6.33. The number of alkyl halides is 6. The smallest absolute Gasteiger partial charge is 0.272 e. The molecule has 0 atom stereocenters. The third kappa shape index (κ3) is 5.54. The molecule has 4 N–H and O–H groups in total. The molecule has 0 bridgehead atoms. The summed E-state index contributed by atoms with van der Waals surface area (Å²) in [4.78, 5) is 56.1. The number of fused-ring (bicyclic) bond motifs is 3. The first-order chi connectivity index (χ1) is 16.8. The van der Waals surface area contributed by atoms with Crippen molar-refractivity contribution in [1.82, 2.24) is 20.6 Å². The topological polar surface area (TPSA) is 124 Å². The fourth-order valence-corrected chi connectivity index (χ4v) is 3.97. The molecule has 2 amide bonds. The molecule has 0 saturated heterocycles. The van der Waals surface area contributed by atoms with Crippen molar-refractivity contribution in [3.8, 4) is 0 Å². The molecule has 4 aromatic rings. The van der Waals surface area contributed by atoms with Crippen LogP contribution in [0.5, 0.6) is 0 Å². The van der Waals surface area contributed by atoms with Gasteiger partial charge in [0.15, 0.2) is 0 Å². The lowest BCUT2D eigenvalue weighted by Gasteiger charge is -2.12. The molecule has 188 valence electrons. The van der Waals surface area contributed by atoms with Crippen LogP contribution >= 0.6 is 69.6 Å². The van der Waals surface area contributed by atoms with E-state index in [9.17, 15) is 19.2 Å². The maximum atomic E-state index is 13.2. The van der Waals surface area contributed by atoms with Crippen LogP contribution in [0.3, 0.4) is 0 Å². The molecular weight excluding hydrogens is 597 g/mol. The molecule has 0 saturated carbocycles. The van der Waals surface area contributed by atoms with Gasteiger partial charge in [0.1, 0.15) is 11.0 Å². The van der Waals surface area contributed by atoms with E-state index < -0.39 is 30.3 Å². The Morgan fingerprint density at radius 3 is 1.36 bits per heavy atom. The van der Waals surface area contributed by atoms with Gasteiger partial charge in [0.2, 0.25) is 10.9 Å². The Kier molecular flexibility index (Phi) is 7.41.